The molecule has 0 aromatic heterocycles. The Morgan fingerprint density at radius 2 is 1.33 bits per heavy atom. The van der Waals surface area contributed by atoms with Crippen LogP contribution in [-0.2, 0) is 35.2 Å². The van der Waals surface area contributed by atoms with Crippen molar-refractivity contribution < 1.29 is 33.7 Å². The maximum absolute atomic E-state index is 13.5. The van der Waals surface area contributed by atoms with Crippen molar-refractivity contribution in [3.05, 3.63) is 60.2 Å². The third kappa shape index (κ3) is 6.59. The van der Waals surface area contributed by atoms with Crippen molar-refractivity contribution in [2.24, 2.45) is 16.2 Å². The molecule has 7 heteroatoms. The van der Waals surface area contributed by atoms with Gasteiger partial charge in [-0.1, -0.05) is 55.5 Å². The smallest absolute Gasteiger partial charge is 0.311 e. The van der Waals surface area contributed by atoms with E-state index in [1.807, 2.05) is 55.5 Å². The Balaban J connectivity index is 1.90. The van der Waals surface area contributed by atoms with Crippen LogP contribution in [0.15, 0.2) is 54.6 Å². The Hall–Kier alpha value is -3.45. The highest BCUT2D eigenvalue weighted by Gasteiger charge is 2.49. The van der Waals surface area contributed by atoms with Crippen LogP contribution in [0.4, 0.5) is 0 Å². The zero-order valence-corrected chi connectivity index (χ0v) is 23.8. The number of hydrogen-bond acceptors (Lipinski definition) is 7. The van der Waals surface area contributed by atoms with Gasteiger partial charge in [-0.25, -0.2) is 0 Å². The second-order valence-electron chi connectivity index (χ2n) is 11.4. The van der Waals surface area contributed by atoms with Crippen molar-refractivity contribution >= 4 is 39.5 Å². The molecule has 39 heavy (non-hydrogen) atoms. The monoisotopic (exact) mass is 536 g/mol. The molecule has 3 aromatic carbocycles. The largest absolute Gasteiger partial charge is 0.469 e. The first-order valence-electron chi connectivity index (χ1n) is 13.3. The summed E-state index contributed by atoms with van der Waals surface area (Å²) in [4.78, 5) is 39.5. The number of ether oxygens (including phenoxy) is 3. The highest BCUT2D eigenvalue weighted by Crippen LogP contribution is 2.46. The van der Waals surface area contributed by atoms with Gasteiger partial charge in [0.25, 0.3) is 0 Å². The maximum Gasteiger partial charge on any atom is 0.311 e. The molecule has 0 spiro atoms. The van der Waals surface area contributed by atoms with Crippen LogP contribution < -0.4 is 0 Å². The summed E-state index contributed by atoms with van der Waals surface area (Å²) in [5.41, 5.74) is -2.35. The number of hydrogen-bond donors (Lipinski definition) is 1. The summed E-state index contributed by atoms with van der Waals surface area (Å²) >= 11 is 0. The van der Waals surface area contributed by atoms with Gasteiger partial charge < -0.3 is 19.3 Å². The lowest BCUT2D eigenvalue weighted by atomic mass is 9.65. The summed E-state index contributed by atoms with van der Waals surface area (Å²) in [6, 6.07) is 18.1. The summed E-state index contributed by atoms with van der Waals surface area (Å²) in [6.07, 6.45) is 0.617. The fourth-order valence-electron chi connectivity index (χ4n) is 5.61. The van der Waals surface area contributed by atoms with Gasteiger partial charge in [0, 0.05) is 5.56 Å². The number of esters is 3. The van der Waals surface area contributed by atoms with Crippen LogP contribution in [0.3, 0.4) is 0 Å². The minimum Gasteiger partial charge on any atom is -0.469 e. The van der Waals surface area contributed by atoms with Gasteiger partial charge in [-0.2, -0.15) is 0 Å². The van der Waals surface area contributed by atoms with E-state index in [4.69, 9.17) is 14.2 Å². The summed E-state index contributed by atoms with van der Waals surface area (Å²) in [5, 5.41) is 13.3. The molecule has 0 saturated heterocycles. The molecule has 0 aliphatic heterocycles. The van der Waals surface area contributed by atoms with Crippen molar-refractivity contribution in [2.45, 2.75) is 60.5 Å². The Labute approximate surface area is 230 Å². The minimum absolute atomic E-state index is 0.0740. The number of fused-ring (bicyclic) bond motifs is 2. The van der Waals surface area contributed by atoms with E-state index in [9.17, 15) is 19.5 Å². The number of methoxy groups -OCH3 is 1. The lowest BCUT2D eigenvalue weighted by molar-refractivity contribution is -0.169. The highest BCUT2D eigenvalue weighted by atomic mass is 16.5. The number of benzene rings is 3. The molecule has 3 aromatic rings. The molecule has 0 aliphatic carbocycles. The van der Waals surface area contributed by atoms with Gasteiger partial charge in [0.15, 0.2) is 0 Å². The second kappa shape index (κ2) is 12.2. The molecule has 0 amide bonds. The third-order valence-corrected chi connectivity index (χ3v) is 7.67. The van der Waals surface area contributed by atoms with E-state index in [0.717, 1.165) is 27.1 Å². The Bertz CT molecular complexity index is 1290. The number of carbonyl (C=O) groups excluding carboxylic acids is 3. The maximum atomic E-state index is 13.5. The second-order valence-corrected chi connectivity index (χ2v) is 11.4. The van der Waals surface area contributed by atoms with E-state index in [2.05, 4.69) is 6.07 Å². The molecule has 0 fully saturated rings. The molecular weight excluding hydrogens is 496 g/mol. The Kier molecular flexibility index (Phi) is 9.38. The Morgan fingerprint density at radius 3 is 1.85 bits per heavy atom. The van der Waals surface area contributed by atoms with Crippen molar-refractivity contribution in [3.63, 3.8) is 0 Å². The van der Waals surface area contributed by atoms with Crippen molar-refractivity contribution in [1.29, 1.82) is 0 Å². The van der Waals surface area contributed by atoms with E-state index in [1.54, 1.807) is 27.7 Å². The first-order valence-corrected chi connectivity index (χ1v) is 13.3. The average molecular weight is 537 g/mol. The average Bonchev–Trinajstić information content (AvgIpc) is 2.92. The first-order chi connectivity index (χ1) is 18.4. The lowest BCUT2D eigenvalue weighted by Crippen LogP contribution is -2.44. The van der Waals surface area contributed by atoms with Crippen LogP contribution in [0.1, 0.15) is 59.4 Å². The molecule has 0 radical (unpaired) electrons. The van der Waals surface area contributed by atoms with Gasteiger partial charge in [0.2, 0.25) is 0 Å². The van der Waals surface area contributed by atoms with Gasteiger partial charge in [-0.15, -0.1) is 0 Å². The van der Waals surface area contributed by atoms with Crippen LogP contribution in [0, 0.1) is 16.2 Å². The van der Waals surface area contributed by atoms with E-state index in [0.29, 0.717) is 6.42 Å². The van der Waals surface area contributed by atoms with E-state index in [1.165, 1.54) is 7.11 Å². The SMILES string of the molecule is CCC(C)(CC(C)(CC(C)(C)C(=O)OCc1c2ccccc2cc2ccccc12)C(=O)OCCO)C(=O)OC. The van der Waals surface area contributed by atoms with Crippen LogP contribution in [-0.4, -0.2) is 43.3 Å². The van der Waals surface area contributed by atoms with Gasteiger partial charge in [0.05, 0.1) is 30.0 Å². The zero-order chi connectivity index (χ0) is 28.8. The summed E-state index contributed by atoms with van der Waals surface area (Å²) < 4.78 is 16.3. The molecule has 210 valence electrons. The molecule has 0 aliphatic rings. The molecule has 0 heterocycles. The summed E-state index contributed by atoms with van der Waals surface area (Å²) in [7, 11) is 1.32. The predicted molar refractivity (Wildman–Crippen MR) is 151 cm³/mol. The number of aliphatic hydroxyl groups is 1. The lowest BCUT2D eigenvalue weighted by Gasteiger charge is -2.39. The highest BCUT2D eigenvalue weighted by molar-refractivity contribution is 6.02. The van der Waals surface area contributed by atoms with Crippen LogP contribution >= 0.6 is 0 Å². The number of rotatable bonds is 12. The third-order valence-electron chi connectivity index (χ3n) is 7.67. The van der Waals surface area contributed by atoms with Crippen molar-refractivity contribution in [1.82, 2.24) is 0 Å². The predicted octanol–water partition coefficient (Wildman–Crippen LogP) is 5.97. The Morgan fingerprint density at radius 1 is 0.769 bits per heavy atom. The van der Waals surface area contributed by atoms with Gasteiger partial charge in [-0.3, -0.25) is 14.4 Å². The normalized spacial score (nSPS) is 14.8. The van der Waals surface area contributed by atoms with Crippen molar-refractivity contribution in [2.75, 3.05) is 20.3 Å². The molecule has 0 bridgehead atoms. The first kappa shape index (κ1) is 30.1. The molecule has 3 rings (SSSR count). The summed E-state index contributed by atoms with van der Waals surface area (Å²) in [5.74, 6) is -1.48. The molecular formula is C32H40O7. The van der Waals surface area contributed by atoms with Crippen LogP contribution in [0.25, 0.3) is 21.5 Å². The zero-order valence-electron chi connectivity index (χ0n) is 23.8. The van der Waals surface area contributed by atoms with E-state index < -0.39 is 34.2 Å². The van der Waals surface area contributed by atoms with Crippen LogP contribution in [0.5, 0.6) is 0 Å². The topological polar surface area (TPSA) is 99.1 Å². The van der Waals surface area contributed by atoms with Gasteiger partial charge >= 0.3 is 17.9 Å². The van der Waals surface area contributed by atoms with Crippen molar-refractivity contribution in [3.8, 4) is 0 Å². The van der Waals surface area contributed by atoms with Gasteiger partial charge in [0.1, 0.15) is 13.2 Å². The fraction of sp³-hybridized carbons (Fsp3) is 0.469. The standard InChI is InChI=1S/C32H40O7/c1-7-31(4,28(35)37-6)21-32(5,29(36)38-17-16-33)20-30(2,3)27(34)39-19-26-24-14-10-8-12-22(24)18-23-13-9-11-15-25(23)26/h8-15,18,33H,7,16-17,19-21H2,1-6H3. The quantitative estimate of drug-likeness (QED) is 0.173. The molecule has 2 atom stereocenters. The fourth-order valence-corrected chi connectivity index (χ4v) is 5.61. The molecule has 2 unspecified atom stereocenters. The summed E-state index contributed by atoms with van der Waals surface area (Å²) in [6.45, 7) is 8.33. The van der Waals surface area contributed by atoms with E-state index in [-0.39, 0.29) is 32.7 Å². The molecule has 0 saturated carbocycles. The van der Waals surface area contributed by atoms with E-state index >= 15 is 0 Å². The van der Waals surface area contributed by atoms with Gasteiger partial charge in [-0.05, 0) is 74.6 Å². The van der Waals surface area contributed by atoms with Crippen LogP contribution in [0.2, 0.25) is 0 Å². The minimum atomic E-state index is -1.22. The molecule has 7 nitrogen and oxygen atoms in total. The number of carbonyl (C=O) groups is 3. The number of aliphatic hydroxyl groups excluding tert-OH is 1. The molecule has 1 N–H and O–H groups in total.